The molecule has 2 atom stereocenters. The van der Waals surface area contributed by atoms with Gasteiger partial charge in [0, 0.05) is 25.2 Å². The van der Waals surface area contributed by atoms with Crippen LogP contribution in [0.15, 0.2) is 24.3 Å². The monoisotopic (exact) mass is 278 g/mol. The third-order valence-corrected chi connectivity index (χ3v) is 3.41. The minimum atomic E-state index is -0.218. The first kappa shape index (κ1) is 16.5. The van der Waals surface area contributed by atoms with E-state index >= 15 is 0 Å². The maximum Gasteiger partial charge on any atom is 0.239 e. The number of carbonyl (C=O) groups excluding carboxylic acids is 1. The van der Waals surface area contributed by atoms with E-state index < -0.39 is 0 Å². The minimum Gasteiger partial charge on any atom is -0.494 e. The van der Waals surface area contributed by atoms with Gasteiger partial charge >= 0.3 is 0 Å². The molecule has 0 spiro atoms. The van der Waals surface area contributed by atoms with E-state index in [1.807, 2.05) is 59.0 Å². The molecule has 0 aliphatic heterocycles. The Bertz CT molecular complexity index is 434. The molecule has 4 nitrogen and oxygen atoms in total. The van der Waals surface area contributed by atoms with Crippen molar-refractivity contribution in [2.45, 2.75) is 39.8 Å². The van der Waals surface area contributed by atoms with Crippen LogP contribution in [-0.4, -0.2) is 37.0 Å². The van der Waals surface area contributed by atoms with Crippen LogP contribution in [0, 0.1) is 0 Å². The summed E-state index contributed by atoms with van der Waals surface area (Å²) in [5, 5.41) is 3.34. The molecule has 1 N–H and O–H groups in total. The van der Waals surface area contributed by atoms with Crippen molar-refractivity contribution >= 4 is 5.91 Å². The largest absolute Gasteiger partial charge is 0.494 e. The van der Waals surface area contributed by atoms with Crippen LogP contribution in [0.3, 0.4) is 0 Å². The highest BCUT2D eigenvalue weighted by Crippen LogP contribution is 2.25. The molecule has 1 amide bonds. The lowest BCUT2D eigenvalue weighted by Crippen LogP contribution is -2.43. The molecule has 0 aromatic heterocycles. The fourth-order valence-corrected chi connectivity index (χ4v) is 2.15. The van der Waals surface area contributed by atoms with Crippen LogP contribution < -0.4 is 10.1 Å². The van der Waals surface area contributed by atoms with Gasteiger partial charge in [-0.05, 0) is 33.8 Å². The summed E-state index contributed by atoms with van der Waals surface area (Å²) in [6.45, 7) is 9.24. The highest BCUT2D eigenvalue weighted by atomic mass is 16.5. The maximum absolute atomic E-state index is 12.1. The second-order valence-corrected chi connectivity index (χ2v) is 4.93. The number of para-hydroxylation sites is 1. The Labute approximate surface area is 122 Å². The second-order valence-electron chi connectivity index (χ2n) is 4.93. The quantitative estimate of drug-likeness (QED) is 0.833. The van der Waals surface area contributed by atoms with Gasteiger partial charge in [0.05, 0.1) is 12.6 Å². The van der Waals surface area contributed by atoms with Crippen LogP contribution in [0.2, 0.25) is 0 Å². The van der Waals surface area contributed by atoms with E-state index in [4.69, 9.17) is 4.74 Å². The summed E-state index contributed by atoms with van der Waals surface area (Å²) >= 11 is 0. The molecule has 0 fully saturated rings. The third kappa shape index (κ3) is 4.23. The first-order chi connectivity index (χ1) is 9.51. The van der Waals surface area contributed by atoms with Crippen LogP contribution in [0.25, 0.3) is 0 Å². The van der Waals surface area contributed by atoms with Crippen molar-refractivity contribution in [1.82, 2.24) is 10.2 Å². The SMILES string of the molecule is CCOc1ccccc1C(C)NC(C)C(=O)N(C)CC. The Hall–Kier alpha value is -1.55. The van der Waals surface area contributed by atoms with E-state index in [9.17, 15) is 4.79 Å². The molecule has 0 saturated carbocycles. The first-order valence-corrected chi connectivity index (χ1v) is 7.23. The minimum absolute atomic E-state index is 0.0574. The van der Waals surface area contributed by atoms with Crippen molar-refractivity contribution in [2.24, 2.45) is 0 Å². The Morgan fingerprint density at radius 2 is 1.95 bits per heavy atom. The van der Waals surface area contributed by atoms with Crippen LogP contribution in [0.1, 0.15) is 39.3 Å². The summed E-state index contributed by atoms with van der Waals surface area (Å²) in [5.41, 5.74) is 1.08. The number of likely N-dealkylation sites (N-methyl/N-ethyl adjacent to an activating group) is 1. The fourth-order valence-electron chi connectivity index (χ4n) is 2.15. The van der Waals surface area contributed by atoms with Crippen LogP contribution in [0.4, 0.5) is 0 Å². The summed E-state index contributed by atoms with van der Waals surface area (Å²) in [7, 11) is 1.82. The summed E-state index contributed by atoms with van der Waals surface area (Å²) in [6, 6.07) is 7.78. The van der Waals surface area contributed by atoms with Crippen molar-refractivity contribution in [3.63, 3.8) is 0 Å². The number of carbonyl (C=O) groups is 1. The average molecular weight is 278 g/mol. The number of rotatable bonds is 7. The summed E-state index contributed by atoms with van der Waals surface area (Å²) < 4.78 is 5.63. The second kappa shape index (κ2) is 7.90. The number of hydrogen-bond acceptors (Lipinski definition) is 3. The van der Waals surface area contributed by atoms with Gasteiger partial charge in [0.2, 0.25) is 5.91 Å². The van der Waals surface area contributed by atoms with Crippen molar-refractivity contribution in [2.75, 3.05) is 20.2 Å². The van der Waals surface area contributed by atoms with Crippen molar-refractivity contribution in [3.05, 3.63) is 29.8 Å². The lowest BCUT2D eigenvalue weighted by molar-refractivity contribution is -0.131. The summed E-state index contributed by atoms with van der Waals surface area (Å²) in [5.74, 6) is 0.978. The van der Waals surface area contributed by atoms with Crippen LogP contribution in [0.5, 0.6) is 5.75 Å². The zero-order chi connectivity index (χ0) is 15.1. The molecule has 20 heavy (non-hydrogen) atoms. The number of nitrogens with one attached hydrogen (secondary N) is 1. The number of ether oxygens (including phenoxy) is 1. The number of benzene rings is 1. The Kier molecular flexibility index (Phi) is 6.52. The van der Waals surface area contributed by atoms with Gasteiger partial charge in [-0.25, -0.2) is 0 Å². The van der Waals surface area contributed by atoms with Gasteiger partial charge in [0.25, 0.3) is 0 Å². The zero-order valence-electron chi connectivity index (χ0n) is 13.1. The van der Waals surface area contributed by atoms with E-state index in [0.717, 1.165) is 17.9 Å². The van der Waals surface area contributed by atoms with Gasteiger partial charge in [0.1, 0.15) is 5.75 Å². The Morgan fingerprint density at radius 3 is 2.55 bits per heavy atom. The molecule has 0 radical (unpaired) electrons. The summed E-state index contributed by atoms with van der Waals surface area (Å²) in [4.78, 5) is 13.8. The van der Waals surface area contributed by atoms with E-state index in [2.05, 4.69) is 5.32 Å². The topological polar surface area (TPSA) is 41.6 Å². The Balaban J connectivity index is 2.76. The molecule has 0 aliphatic carbocycles. The van der Waals surface area contributed by atoms with Gasteiger partial charge < -0.3 is 9.64 Å². The number of amides is 1. The molecule has 1 aromatic rings. The standard InChI is InChI=1S/C16H26N2O2/c1-6-18(5)16(19)13(4)17-12(3)14-10-8-9-11-15(14)20-7-2/h8-13,17H,6-7H2,1-5H3. The molecule has 2 unspecified atom stereocenters. The molecule has 0 heterocycles. The average Bonchev–Trinajstić information content (AvgIpc) is 2.46. The van der Waals surface area contributed by atoms with E-state index in [1.54, 1.807) is 4.90 Å². The van der Waals surface area contributed by atoms with Crippen LogP contribution in [-0.2, 0) is 4.79 Å². The third-order valence-electron chi connectivity index (χ3n) is 3.41. The molecule has 0 saturated heterocycles. The van der Waals surface area contributed by atoms with Crippen molar-refractivity contribution < 1.29 is 9.53 Å². The van der Waals surface area contributed by atoms with Crippen molar-refractivity contribution in [3.8, 4) is 5.75 Å². The molecule has 112 valence electrons. The number of nitrogens with zero attached hydrogens (tertiary/aromatic N) is 1. The maximum atomic E-state index is 12.1. The first-order valence-electron chi connectivity index (χ1n) is 7.23. The summed E-state index contributed by atoms with van der Waals surface area (Å²) in [6.07, 6.45) is 0. The molecule has 4 heteroatoms. The predicted octanol–water partition coefficient (Wildman–Crippen LogP) is 2.60. The number of hydrogen-bond donors (Lipinski definition) is 1. The lowest BCUT2D eigenvalue weighted by Gasteiger charge is -2.25. The normalized spacial score (nSPS) is 13.7. The Morgan fingerprint density at radius 1 is 1.30 bits per heavy atom. The lowest BCUT2D eigenvalue weighted by atomic mass is 10.1. The van der Waals surface area contributed by atoms with Gasteiger partial charge in [-0.15, -0.1) is 0 Å². The van der Waals surface area contributed by atoms with Gasteiger partial charge in [0.15, 0.2) is 0 Å². The molecular formula is C16H26N2O2. The predicted molar refractivity (Wildman–Crippen MR) is 81.9 cm³/mol. The molecule has 1 aromatic carbocycles. The van der Waals surface area contributed by atoms with Gasteiger partial charge in [-0.3, -0.25) is 10.1 Å². The highest BCUT2D eigenvalue weighted by Gasteiger charge is 2.20. The van der Waals surface area contributed by atoms with Gasteiger partial charge in [-0.1, -0.05) is 18.2 Å². The fraction of sp³-hybridized carbons (Fsp3) is 0.562. The van der Waals surface area contributed by atoms with E-state index in [0.29, 0.717) is 6.61 Å². The van der Waals surface area contributed by atoms with E-state index in [-0.39, 0.29) is 18.0 Å². The zero-order valence-corrected chi connectivity index (χ0v) is 13.1. The van der Waals surface area contributed by atoms with Crippen molar-refractivity contribution in [1.29, 1.82) is 0 Å². The molecule has 0 aliphatic rings. The highest BCUT2D eigenvalue weighted by molar-refractivity contribution is 5.81. The molecular weight excluding hydrogens is 252 g/mol. The van der Waals surface area contributed by atoms with Crippen LogP contribution >= 0.6 is 0 Å². The molecule has 0 bridgehead atoms. The smallest absolute Gasteiger partial charge is 0.239 e. The van der Waals surface area contributed by atoms with E-state index in [1.165, 1.54) is 0 Å². The van der Waals surface area contributed by atoms with Gasteiger partial charge in [-0.2, -0.15) is 0 Å². The molecule has 1 rings (SSSR count).